The van der Waals surface area contributed by atoms with E-state index in [1.807, 2.05) is 12.1 Å². The standard InChI is InChI=1S/C17H23NO3/c1-4-5-6-15(17(19)20)18-10-14-9-13-7-11(2)12(3)8-16(13)21-14/h7-9,15,18H,4-6,10H2,1-3H3,(H,19,20). The fraction of sp³-hybridized carbons (Fsp3) is 0.471. The fourth-order valence-electron chi connectivity index (χ4n) is 2.39. The van der Waals surface area contributed by atoms with E-state index in [0.29, 0.717) is 13.0 Å². The molecule has 0 aliphatic rings. The van der Waals surface area contributed by atoms with Crippen molar-refractivity contribution < 1.29 is 14.3 Å². The van der Waals surface area contributed by atoms with Crippen molar-refractivity contribution in [1.82, 2.24) is 5.32 Å². The van der Waals surface area contributed by atoms with Crippen LogP contribution in [0.25, 0.3) is 11.0 Å². The van der Waals surface area contributed by atoms with Crippen molar-refractivity contribution in [3.63, 3.8) is 0 Å². The van der Waals surface area contributed by atoms with Gasteiger partial charge < -0.3 is 9.52 Å². The molecule has 114 valence electrons. The van der Waals surface area contributed by atoms with E-state index in [9.17, 15) is 9.90 Å². The molecule has 0 saturated carbocycles. The van der Waals surface area contributed by atoms with E-state index >= 15 is 0 Å². The number of aliphatic carboxylic acids is 1. The number of carbonyl (C=O) groups is 1. The highest BCUT2D eigenvalue weighted by atomic mass is 16.4. The number of hydrogen-bond donors (Lipinski definition) is 2. The molecule has 0 fully saturated rings. The maximum Gasteiger partial charge on any atom is 0.320 e. The molecule has 2 N–H and O–H groups in total. The molecule has 21 heavy (non-hydrogen) atoms. The monoisotopic (exact) mass is 289 g/mol. The molecule has 0 aliphatic carbocycles. The van der Waals surface area contributed by atoms with Crippen molar-refractivity contribution in [3.05, 3.63) is 35.1 Å². The number of nitrogens with one attached hydrogen (secondary N) is 1. The molecule has 0 amide bonds. The average Bonchev–Trinajstić information content (AvgIpc) is 2.80. The Balaban J connectivity index is 2.07. The van der Waals surface area contributed by atoms with Crippen LogP contribution in [0.2, 0.25) is 0 Å². The van der Waals surface area contributed by atoms with Crippen molar-refractivity contribution in [2.45, 2.75) is 52.6 Å². The first-order valence-corrected chi connectivity index (χ1v) is 7.47. The minimum Gasteiger partial charge on any atom is -0.480 e. The second-order valence-electron chi connectivity index (χ2n) is 5.60. The zero-order valence-electron chi connectivity index (χ0n) is 12.9. The lowest BCUT2D eigenvalue weighted by Crippen LogP contribution is -2.36. The quantitative estimate of drug-likeness (QED) is 0.814. The summed E-state index contributed by atoms with van der Waals surface area (Å²) < 4.78 is 5.78. The minimum atomic E-state index is -0.800. The highest BCUT2D eigenvalue weighted by Gasteiger charge is 2.16. The van der Waals surface area contributed by atoms with Gasteiger partial charge in [-0.2, -0.15) is 0 Å². The number of unbranched alkanes of at least 4 members (excludes halogenated alkanes) is 1. The predicted octanol–water partition coefficient (Wildman–Crippen LogP) is 3.78. The summed E-state index contributed by atoms with van der Waals surface area (Å²) in [6, 6.07) is 5.60. The Hall–Kier alpha value is -1.81. The molecule has 1 aromatic heterocycles. The summed E-state index contributed by atoms with van der Waals surface area (Å²) in [7, 11) is 0. The Morgan fingerprint density at radius 1 is 1.29 bits per heavy atom. The fourth-order valence-corrected chi connectivity index (χ4v) is 2.39. The smallest absolute Gasteiger partial charge is 0.320 e. The molecular weight excluding hydrogens is 266 g/mol. The summed E-state index contributed by atoms with van der Waals surface area (Å²) in [6.07, 6.45) is 2.54. The molecule has 1 aromatic carbocycles. The molecule has 1 atom stereocenters. The number of benzene rings is 1. The predicted molar refractivity (Wildman–Crippen MR) is 83.5 cm³/mol. The van der Waals surface area contributed by atoms with Crippen LogP contribution in [0.3, 0.4) is 0 Å². The van der Waals surface area contributed by atoms with Gasteiger partial charge in [0.15, 0.2) is 0 Å². The molecule has 4 heteroatoms. The van der Waals surface area contributed by atoms with Crippen LogP contribution in [0.4, 0.5) is 0 Å². The second-order valence-corrected chi connectivity index (χ2v) is 5.60. The summed E-state index contributed by atoms with van der Waals surface area (Å²) >= 11 is 0. The van der Waals surface area contributed by atoms with E-state index in [4.69, 9.17) is 4.42 Å². The topological polar surface area (TPSA) is 62.5 Å². The molecule has 2 rings (SSSR count). The van der Waals surface area contributed by atoms with Gasteiger partial charge in [0, 0.05) is 5.39 Å². The van der Waals surface area contributed by atoms with Gasteiger partial charge in [-0.25, -0.2) is 0 Å². The molecule has 4 nitrogen and oxygen atoms in total. The highest BCUT2D eigenvalue weighted by Crippen LogP contribution is 2.23. The molecule has 2 aromatic rings. The van der Waals surface area contributed by atoms with Crippen LogP contribution in [0.15, 0.2) is 22.6 Å². The van der Waals surface area contributed by atoms with Gasteiger partial charge in [0.25, 0.3) is 0 Å². The van der Waals surface area contributed by atoms with Gasteiger partial charge in [-0.1, -0.05) is 19.8 Å². The lowest BCUT2D eigenvalue weighted by Gasteiger charge is -2.12. The van der Waals surface area contributed by atoms with Crippen LogP contribution in [0.1, 0.15) is 43.1 Å². The van der Waals surface area contributed by atoms with Gasteiger partial charge in [0.2, 0.25) is 0 Å². The molecule has 0 spiro atoms. The first kappa shape index (κ1) is 15.6. The van der Waals surface area contributed by atoms with Gasteiger partial charge in [-0.15, -0.1) is 0 Å². The molecule has 0 radical (unpaired) electrons. The third-order valence-corrected chi connectivity index (χ3v) is 3.85. The maximum atomic E-state index is 11.2. The normalized spacial score (nSPS) is 12.7. The molecule has 0 bridgehead atoms. The van der Waals surface area contributed by atoms with E-state index < -0.39 is 12.0 Å². The molecular formula is C17H23NO3. The van der Waals surface area contributed by atoms with Crippen LogP contribution < -0.4 is 5.32 Å². The van der Waals surface area contributed by atoms with Gasteiger partial charge in [0.05, 0.1) is 6.54 Å². The van der Waals surface area contributed by atoms with E-state index in [2.05, 4.69) is 32.2 Å². The molecule has 1 unspecified atom stereocenters. The Bertz CT molecular complexity index is 591. The molecule has 1 heterocycles. The van der Waals surface area contributed by atoms with Gasteiger partial charge in [0.1, 0.15) is 17.4 Å². The van der Waals surface area contributed by atoms with Crippen molar-refractivity contribution in [1.29, 1.82) is 0 Å². The van der Waals surface area contributed by atoms with Crippen molar-refractivity contribution in [2.75, 3.05) is 0 Å². The van der Waals surface area contributed by atoms with Crippen molar-refractivity contribution >= 4 is 16.9 Å². The first-order valence-electron chi connectivity index (χ1n) is 7.47. The van der Waals surface area contributed by atoms with Crippen LogP contribution in [-0.2, 0) is 11.3 Å². The highest BCUT2D eigenvalue weighted by molar-refractivity contribution is 5.79. The van der Waals surface area contributed by atoms with Crippen LogP contribution in [0, 0.1) is 13.8 Å². The third kappa shape index (κ3) is 3.85. The number of fused-ring (bicyclic) bond motifs is 1. The van der Waals surface area contributed by atoms with Gasteiger partial charge in [-0.3, -0.25) is 10.1 Å². The zero-order chi connectivity index (χ0) is 15.4. The Morgan fingerprint density at radius 3 is 2.67 bits per heavy atom. The van der Waals surface area contributed by atoms with Crippen molar-refractivity contribution in [3.8, 4) is 0 Å². The number of carboxylic acid groups (broad SMARTS) is 1. The van der Waals surface area contributed by atoms with Crippen LogP contribution >= 0.6 is 0 Å². The first-order chi connectivity index (χ1) is 10.0. The third-order valence-electron chi connectivity index (χ3n) is 3.85. The zero-order valence-corrected chi connectivity index (χ0v) is 12.9. The summed E-state index contributed by atoms with van der Waals surface area (Å²) in [5.41, 5.74) is 3.28. The van der Waals surface area contributed by atoms with E-state index in [-0.39, 0.29) is 0 Å². The second kappa shape index (κ2) is 6.76. The average molecular weight is 289 g/mol. The van der Waals surface area contributed by atoms with E-state index in [0.717, 1.165) is 29.6 Å². The summed E-state index contributed by atoms with van der Waals surface area (Å²) in [4.78, 5) is 11.2. The van der Waals surface area contributed by atoms with Gasteiger partial charge >= 0.3 is 5.97 Å². The minimum absolute atomic E-state index is 0.438. The Kier molecular flexibility index (Phi) is 5.02. The molecule has 0 aliphatic heterocycles. The number of hydrogen-bond acceptors (Lipinski definition) is 3. The number of aryl methyl sites for hydroxylation is 2. The lowest BCUT2D eigenvalue weighted by atomic mass is 10.1. The Labute approximate surface area is 125 Å². The summed E-state index contributed by atoms with van der Waals surface area (Å²) in [6.45, 7) is 6.63. The van der Waals surface area contributed by atoms with E-state index in [1.165, 1.54) is 11.1 Å². The van der Waals surface area contributed by atoms with Crippen LogP contribution in [-0.4, -0.2) is 17.1 Å². The van der Waals surface area contributed by atoms with Gasteiger partial charge in [-0.05, 0) is 49.6 Å². The molecule has 0 saturated heterocycles. The van der Waals surface area contributed by atoms with E-state index in [1.54, 1.807) is 0 Å². The maximum absolute atomic E-state index is 11.2. The van der Waals surface area contributed by atoms with Crippen molar-refractivity contribution in [2.24, 2.45) is 0 Å². The number of furan rings is 1. The SMILES string of the molecule is CCCCC(NCc1cc2cc(C)c(C)cc2o1)C(=O)O. The summed E-state index contributed by atoms with van der Waals surface area (Å²) in [5.74, 6) is -0.0241. The lowest BCUT2D eigenvalue weighted by molar-refractivity contribution is -0.139. The summed E-state index contributed by atoms with van der Waals surface area (Å²) in [5, 5.41) is 13.3. The number of rotatable bonds is 7. The number of carboxylic acids is 1. The Morgan fingerprint density at radius 2 is 2.00 bits per heavy atom. The largest absolute Gasteiger partial charge is 0.480 e. The van der Waals surface area contributed by atoms with Crippen LogP contribution in [0.5, 0.6) is 0 Å².